The second kappa shape index (κ2) is 9.20. The van der Waals surface area contributed by atoms with Crippen LogP contribution >= 0.6 is 11.3 Å². The average molecular weight is 505 g/mol. The lowest BCUT2D eigenvalue weighted by Crippen LogP contribution is -2.58. The van der Waals surface area contributed by atoms with E-state index in [0.717, 1.165) is 23.3 Å². The number of thiophene rings is 1. The Labute approximate surface area is 215 Å². The molecule has 7 rings (SSSR count). The summed E-state index contributed by atoms with van der Waals surface area (Å²) in [4.78, 5) is 25.7. The molecule has 4 saturated carbocycles. The van der Waals surface area contributed by atoms with Crippen LogP contribution in [0.2, 0.25) is 0 Å². The van der Waals surface area contributed by atoms with Crippen LogP contribution in [0.25, 0.3) is 10.1 Å². The highest BCUT2D eigenvalue weighted by Crippen LogP contribution is 2.55. The summed E-state index contributed by atoms with van der Waals surface area (Å²) in [6.45, 7) is 2.56. The molecule has 4 aliphatic rings. The van der Waals surface area contributed by atoms with Crippen LogP contribution in [0, 0.1) is 17.8 Å². The molecule has 3 aromatic rings. The zero-order valence-corrected chi connectivity index (χ0v) is 21.3. The van der Waals surface area contributed by atoms with Crippen LogP contribution in [0.3, 0.4) is 0 Å². The second-order valence-electron chi connectivity index (χ2n) is 10.8. The van der Waals surface area contributed by atoms with Gasteiger partial charge in [-0.2, -0.15) is 0 Å². The third kappa shape index (κ3) is 4.18. The molecule has 1 aromatic heterocycles. The molecule has 7 heteroatoms. The fourth-order valence-electron chi connectivity index (χ4n) is 7.20. The number of carbonyl (C=O) groups is 2. The normalized spacial score (nSPS) is 26.3. The number of anilines is 1. The lowest BCUT2D eigenvalue weighted by molar-refractivity contribution is -0.0206. The molecule has 4 fully saturated rings. The van der Waals surface area contributed by atoms with Crippen molar-refractivity contribution in [2.45, 2.75) is 57.5 Å². The van der Waals surface area contributed by atoms with Gasteiger partial charge in [-0.1, -0.05) is 30.3 Å². The van der Waals surface area contributed by atoms with Crippen LogP contribution in [-0.4, -0.2) is 29.1 Å². The molecule has 0 saturated heterocycles. The van der Waals surface area contributed by atoms with Crippen LogP contribution in [0.5, 0.6) is 5.75 Å². The van der Waals surface area contributed by atoms with E-state index in [1.165, 1.54) is 49.9 Å². The number of benzene rings is 2. The quantitative estimate of drug-likeness (QED) is 0.339. The van der Waals surface area contributed by atoms with Gasteiger partial charge in [0.2, 0.25) is 0 Å². The van der Waals surface area contributed by atoms with Gasteiger partial charge in [-0.25, -0.2) is 4.79 Å². The van der Waals surface area contributed by atoms with E-state index in [0.29, 0.717) is 27.2 Å². The fourth-order valence-corrected chi connectivity index (χ4v) is 8.35. The lowest BCUT2D eigenvalue weighted by Gasteiger charge is -2.57. The summed E-state index contributed by atoms with van der Waals surface area (Å²) in [5, 5.41) is 19.0. The van der Waals surface area contributed by atoms with Gasteiger partial charge in [0, 0.05) is 28.6 Å². The van der Waals surface area contributed by atoms with Crippen LogP contribution in [-0.2, 0) is 11.3 Å². The Kier molecular flexibility index (Phi) is 6.00. The summed E-state index contributed by atoms with van der Waals surface area (Å²) in [7, 11) is 0. The van der Waals surface area contributed by atoms with E-state index in [1.54, 1.807) is 31.2 Å². The molecule has 36 heavy (non-hydrogen) atoms. The smallest absolute Gasteiger partial charge is 0.341 e. The van der Waals surface area contributed by atoms with Crippen molar-refractivity contribution in [3.05, 3.63) is 59.2 Å². The first-order chi connectivity index (χ1) is 17.4. The van der Waals surface area contributed by atoms with Crippen LogP contribution in [0.1, 0.15) is 71.7 Å². The Hall–Kier alpha value is -2.90. The van der Waals surface area contributed by atoms with Crippen LogP contribution in [0.4, 0.5) is 5.00 Å². The van der Waals surface area contributed by atoms with Gasteiger partial charge in [0.1, 0.15) is 16.3 Å². The molecule has 1 amide bonds. The first kappa shape index (κ1) is 23.5. The van der Waals surface area contributed by atoms with Crippen molar-refractivity contribution in [1.82, 2.24) is 5.32 Å². The maximum atomic E-state index is 12.9. The van der Waals surface area contributed by atoms with Gasteiger partial charge in [0.05, 0.1) is 11.3 Å². The molecule has 188 valence electrons. The number of hydrogen-bond donors (Lipinski definition) is 3. The molecular formula is C29H32N2O4S. The van der Waals surface area contributed by atoms with Gasteiger partial charge in [-0.15, -0.1) is 11.3 Å². The predicted octanol–water partition coefficient (Wildman–Crippen LogP) is 6.09. The van der Waals surface area contributed by atoms with E-state index in [2.05, 4.69) is 10.6 Å². The number of ether oxygens (including phenoxy) is 1. The van der Waals surface area contributed by atoms with Gasteiger partial charge < -0.3 is 20.5 Å². The molecule has 0 spiro atoms. The summed E-state index contributed by atoms with van der Waals surface area (Å²) < 4.78 is 5.89. The van der Waals surface area contributed by atoms with E-state index >= 15 is 0 Å². The lowest BCUT2D eigenvalue weighted by atomic mass is 9.53. The highest BCUT2D eigenvalue weighted by Gasteiger charge is 2.50. The Morgan fingerprint density at radius 3 is 2.33 bits per heavy atom. The monoisotopic (exact) mass is 504 g/mol. The van der Waals surface area contributed by atoms with Crippen molar-refractivity contribution in [1.29, 1.82) is 0 Å². The van der Waals surface area contributed by atoms with Crippen molar-refractivity contribution in [2.24, 2.45) is 17.8 Å². The minimum atomic E-state index is -0.508. The first-order valence-electron chi connectivity index (χ1n) is 13.0. The third-order valence-electron chi connectivity index (χ3n) is 8.35. The van der Waals surface area contributed by atoms with Gasteiger partial charge in [0.15, 0.2) is 0 Å². The molecule has 4 aliphatic carbocycles. The Bertz CT molecular complexity index is 1280. The minimum Gasteiger partial charge on any atom is -0.506 e. The van der Waals surface area contributed by atoms with E-state index in [9.17, 15) is 14.7 Å². The molecule has 3 N–H and O–H groups in total. The predicted molar refractivity (Wildman–Crippen MR) is 142 cm³/mol. The van der Waals surface area contributed by atoms with Crippen molar-refractivity contribution < 1.29 is 19.4 Å². The number of phenols is 1. The largest absolute Gasteiger partial charge is 0.506 e. The van der Waals surface area contributed by atoms with Gasteiger partial charge >= 0.3 is 5.97 Å². The summed E-state index contributed by atoms with van der Waals surface area (Å²) in [5.74, 6) is 1.89. The highest BCUT2D eigenvalue weighted by molar-refractivity contribution is 7.24. The number of amides is 1. The number of phenolic OH excluding ortho intramolecular Hbond substituents is 1. The topological polar surface area (TPSA) is 87.7 Å². The van der Waals surface area contributed by atoms with E-state index in [-0.39, 0.29) is 29.4 Å². The fraction of sp³-hybridized carbons (Fsp3) is 0.448. The molecule has 2 aromatic carbocycles. The molecule has 0 unspecified atom stereocenters. The molecular weight excluding hydrogens is 472 g/mol. The Balaban J connectivity index is 1.29. The van der Waals surface area contributed by atoms with Crippen LogP contribution < -0.4 is 10.6 Å². The van der Waals surface area contributed by atoms with Crippen molar-refractivity contribution in [2.75, 3.05) is 11.9 Å². The summed E-state index contributed by atoms with van der Waals surface area (Å²) in [5.41, 5.74) is 1.79. The van der Waals surface area contributed by atoms with Crippen molar-refractivity contribution in [3.8, 4) is 5.75 Å². The van der Waals surface area contributed by atoms with Crippen molar-refractivity contribution in [3.63, 3.8) is 0 Å². The number of rotatable bonds is 7. The SMILES string of the molecule is CCOC(=O)c1c(NC(=O)c2ccccc2)sc2c(O)c(CNC34CC5CC(CC(C5)C3)C4)ccc12. The number of nitrogens with one attached hydrogen (secondary N) is 2. The number of esters is 1. The number of carbonyl (C=O) groups excluding carboxylic acids is 2. The molecule has 0 aliphatic heterocycles. The van der Waals surface area contributed by atoms with Gasteiger partial charge in [0.25, 0.3) is 5.91 Å². The number of hydrogen-bond acceptors (Lipinski definition) is 6. The van der Waals surface area contributed by atoms with Gasteiger partial charge in [-0.3, -0.25) is 4.79 Å². The molecule has 1 heterocycles. The summed E-state index contributed by atoms with van der Waals surface area (Å²) in [6.07, 6.45) is 7.89. The first-order valence-corrected chi connectivity index (χ1v) is 13.8. The van der Waals surface area contributed by atoms with E-state index < -0.39 is 5.97 Å². The Morgan fingerprint density at radius 1 is 1.03 bits per heavy atom. The second-order valence-corrected chi connectivity index (χ2v) is 11.9. The Morgan fingerprint density at radius 2 is 1.69 bits per heavy atom. The summed E-state index contributed by atoms with van der Waals surface area (Å²) >= 11 is 1.22. The molecule has 4 bridgehead atoms. The zero-order chi connectivity index (χ0) is 24.9. The zero-order valence-electron chi connectivity index (χ0n) is 20.5. The third-order valence-corrected chi connectivity index (χ3v) is 9.48. The molecule has 6 nitrogen and oxygen atoms in total. The standard InChI is InChI=1S/C29H32N2O4S/c1-2-35-28(34)23-22-9-8-21(16-30-29-13-17-10-18(14-29)12-19(11-17)15-29)24(32)25(22)36-27(23)31-26(33)20-6-4-3-5-7-20/h3-9,17-19,30,32H,2,10-16H2,1H3,(H,31,33). The van der Waals surface area contributed by atoms with Crippen LogP contribution in [0.15, 0.2) is 42.5 Å². The maximum Gasteiger partial charge on any atom is 0.341 e. The van der Waals surface area contributed by atoms with E-state index in [1.807, 2.05) is 18.2 Å². The summed E-state index contributed by atoms with van der Waals surface area (Å²) in [6, 6.07) is 12.6. The molecule has 0 radical (unpaired) electrons. The number of fused-ring (bicyclic) bond motifs is 1. The van der Waals surface area contributed by atoms with Crippen molar-refractivity contribution >= 4 is 38.3 Å². The minimum absolute atomic E-state index is 0.167. The maximum absolute atomic E-state index is 12.9. The molecule has 0 atom stereocenters. The van der Waals surface area contributed by atoms with Gasteiger partial charge in [-0.05, 0) is 75.3 Å². The average Bonchev–Trinajstić information content (AvgIpc) is 3.22. The number of aromatic hydroxyl groups is 1. The highest BCUT2D eigenvalue weighted by atomic mass is 32.1. The van der Waals surface area contributed by atoms with E-state index in [4.69, 9.17) is 4.74 Å².